The molecule has 0 atom stereocenters. The Kier molecular flexibility index (Phi) is 3.59. The molecule has 1 aliphatic rings. The number of hydrogen-bond acceptors (Lipinski definition) is 4. The zero-order valence-corrected chi connectivity index (χ0v) is 10.8. The van der Waals surface area contributed by atoms with Crippen LogP contribution in [0.1, 0.15) is 23.2 Å². The molecule has 1 aromatic rings. The number of aliphatic hydroxyl groups is 1. The lowest BCUT2D eigenvalue weighted by Crippen LogP contribution is -2.26. The van der Waals surface area contributed by atoms with E-state index in [-0.39, 0.29) is 6.61 Å². The van der Waals surface area contributed by atoms with Crippen LogP contribution in [0, 0.1) is 0 Å². The molecule has 1 heterocycles. The summed E-state index contributed by atoms with van der Waals surface area (Å²) in [5.41, 5.74) is 8.96. The van der Waals surface area contributed by atoms with E-state index in [4.69, 9.17) is 23.1 Å². The summed E-state index contributed by atoms with van der Waals surface area (Å²) in [5, 5.41) is 8.99. The molecule has 0 saturated carbocycles. The topological polar surface area (TPSA) is 62.4 Å². The first-order valence-corrected chi connectivity index (χ1v) is 6.19. The largest absolute Gasteiger partial charge is 0.395 e. The zero-order valence-electron chi connectivity index (χ0n) is 9.94. The van der Waals surface area contributed by atoms with Gasteiger partial charge in [0, 0.05) is 19.3 Å². The van der Waals surface area contributed by atoms with Crippen LogP contribution < -0.4 is 10.6 Å². The molecule has 0 unspecified atom stereocenters. The van der Waals surface area contributed by atoms with E-state index >= 15 is 0 Å². The fourth-order valence-electron chi connectivity index (χ4n) is 2.19. The Labute approximate surface area is 106 Å². The highest BCUT2D eigenvalue weighted by Crippen LogP contribution is 2.26. The number of pyridine rings is 1. The van der Waals surface area contributed by atoms with Crippen molar-refractivity contribution in [2.75, 3.05) is 25.1 Å². The zero-order chi connectivity index (χ0) is 12.4. The van der Waals surface area contributed by atoms with Crippen LogP contribution in [-0.2, 0) is 12.8 Å². The summed E-state index contributed by atoms with van der Waals surface area (Å²) in [5.74, 6) is 0.784. The van der Waals surface area contributed by atoms with Gasteiger partial charge in [-0.25, -0.2) is 4.98 Å². The highest BCUT2D eigenvalue weighted by atomic mass is 32.1. The Balaban J connectivity index is 2.45. The van der Waals surface area contributed by atoms with Crippen LogP contribution >= 0.6 is 12.2 Å². The predicted octanol–water partition coefficient (Wildman–Crippen LogP) is 0.633. The Hall–Kier alpha value is -1.20. The van der Waals surface area contributed by atoms with Crippen LogP contribution in [0.5, 0.6) is 0 Å². The second-order valence-electron chi connectivity index (χ2n) is 4.33. The number of anilines is 1. The first-order chi connectivity index (χ1) is 8.13. The third kappa shape index (κ3) is 2.40. The summed E-state index contributed by atoms with van der Waals surface area (Å²) in [6.07, 6.45) is 3.22. The van der Waals surface area contributed by atoms with E-state index in [1.807, 2.05) is 11.9 Å². The molecule has 3 N–H and O–H groups in total. The summed E-state index contributed by atoms with van der Waals surface area (Å²) < 4.78 is 0. The number of aryl methyl sites for hydroxylation is 2. The van der Waals surface area contributed by atoms with Gasteiger partial charge in [-0.05, 0) is 30.9 Å². The lowest BCUT2D eigenvalue weighted by Gasteiger charge is -2.21. The highest BCUT2D eigenvalue weighted by Gasteiger charge is 2.19. The van der Waals surface area contributed by atoms with E-state index < -0.39 is 0 Å². The molecule has 1 aliphatic carbocycles. The molecule has 92 valence electrons. The minimum absolute atomic E-state index is 0.0893. The lowest BCUT2D eigenvalue weighted by molar-refractivity contribution is 0.304. The number of rotatable bonds is 4. The van der Waals surface area contributed by atoms with Gasteiger partial charge in [-0.2, -0.15) is 0 Å². The van der Waals surface area contributed by atoms with Crippen molar-refractivity contribution in [2.45, 2.75) is 19.3 Å². The van der Waals surface area contributed by atoms with Gasteiger partial charge in [-0.15, -0.1) is 0 Å². The summed E-state index contributed by atoms with van der Waals surface area (Å²) >= 11 is 5.07. The quantitative estimate of drug-likeness (QED) is 0.769. The van der Waals surface area contributed by atoms with Crippen LogP contribution in [0.2, 0.25) is 0 Å². The van der Waals surface area contributed by atoms with Gasteiger partial charge < -0.3 is 15.7 Å². The second kappa shape index (κ2) is 4.98. The molecule has 5 heteroatoms. The number of aromatic nitrogens is 1. The molecule has 0 aliphatic heterocycles. The Morgan fingerprint density at radius 3 is 3.00 bits per heavy atom. The van der Waals surface area contributed by atoms with Gasteiger partial charge in [0.2, 0.25) is 0 Å². The second-order valence-corrected chi connectivity index (χ2v) is 4.77. The van der Waals surface area contributed by atoms with Crippen molar-refractivity contribution in [3.05, 3.63) is 22.9 Å². The smallest absolute Gasteiger partial charge is 0.138 e. The van der Waals surface area contributed by atoms with Crippen molar-refractivity contribution in [1.29, 1.82) is 0 Å². The van der Waals surface area contributed by atoms with E-state index in [1.165, 1.54) is 5.56 Å². The van der Waals surface area contributed by atoms with Crippen LogP contribution in [0.4, 0.5) is 5.82 Å². The Morgan fingerprint density at radius 1 is 1.59 bits per heavy atom. The van der Waals surface area contributed by atoms with Gasteiger partial charge in [0.15, 0.2) is 0 Å². The van der Waals surface area contributed by atoms with Gasteiger partial charge in [0.1, 0.15) is 10.8 Å². The number of nitrogens with two attached hydrogens (primary N) is 1. The van der Waals surface area contributed by atoms with Gasteiger partial charge >= 0.3 is 0 Å². The molecule has 17 heavy (non-hydrogen) atoms. The molecular weight excluding hydrogens is 234 g/mol. The molecular formula is C12H17N3OS. The van der Waals surface area contributed by atoms with Crippen LogP contribution in [0.25, 0.3) is 0 Å². The maximum absolute atomic E-state index is 8.99. The average Bonchev–Trinajstić information content (AvgIpc) is 2.74. The third-order valence-electron chi connectivity index (χ3n) is 3.09. The number of nitrogens with zero attached hydrogens (tertiary/aromatic N) is 2. The molecule has 0 spiro atoms. The van der Waals surface area contributed by atoms with E-state index in [9.17, 15) is 0 Å². The maximum Gasteiger partial charge on any atom is 0.138 e. The normalized spacial score (nSPS) is 13.5. The van der Waals surface area contributed by atoms with Crippen LogP contribution in [-0.4, -0.2) is 35.3 Å². The first kappa shape index (κ1) is 12.3. The average molecular weight is 251 g/mol. The first-order valence-electron chi connectivity index (χ1n) is 5.78. The van der Waals surface area contributed by atoms with Gasteiger partial charge in [-0.1, -0.05) is 12.2 Å². The third-order valence-corrected chi connectivity index (χ3v) is 3.31. The molecule has 0 bridgehead atoms. The number of aliphatic hydroxyl groups excluding tert-OH is 1. The standard InChI is InChI=1S/C12H17N3OS/c1-15(5-6-16)12-9(11(13)17)7-8-3-2-4-10(8)14-12/h7,16H,2-6H2,1H3,(H2,13,17). The van der Waals surface area contributed by atoms with Crippen LogP contribution in [0.3, 0.4) is 0 Å². The van der Waals surface area contributed by atoms with Crippen molar-refractivity contribution in [1.82, 2.24) is 4.98 Å². The van der Waals surface area contributed by atoms with Crippen molar-refractivity contribution >= 4 is 23.0 Å². The number of fused-ring (bicyclic) bond motifs is 1. The van der Waals surface area contributed by atoms with Crippen molar-refractivity contribution in [3.63, 3.8) is 0 Å². The minimum Gasteiger partial charge on any atom is -0.395 e. The van der Waals surface area contributed by atoms with E-state index in [2.05, 4.69) is 11.1 Å². The van der Waals surface area contributed by atoms with E-state index in [1.54, 1.807) is 0 Å². The van der Waals surface area contributed by atoms with Crippen molar-refractivity contribution in [2.24, 2.45) is 5.73 Å². The van der Waals surface area contributed by atoms with Gasteiger partial charge in [0.05, 0.1) is 12.2 Å². The van der Waals surface area contributed by atoms with Crippen molar-refractivity contribution < 1.29 is 5.11 Å². The minimum atomic E-state index is 0.0893. The number of thiocarbonyl (C=S) groups is 1. The molecule has 0 saturated heterocycles. The summed E-state index contributed by atoms with van der Waals surface area (Å²) in [4.78, 5) is 6.90. The predicted molar refractivity (Wildman–Crippen MR) is 72.5 cm³/mol. The lowest BCUT2D eigenvalue weighted by atomic mass is 10.1. The number of hydrogen-bond donors (Lipinski definition) is 2. The fraction of sp³-hybridized carbons (Fsp3) is 0.500. The molecule has 1 aromatic heterocycles. The SMILES string of the molecule is CN(CCO)c1nc2c(cc1C(N)=S)CCC2. The van der Waals surface area contributed by atoms with Crippen LogP contribution in [0.15, 0.2) is 6.07 Å². The molecule has 2 rings (SSSR count). The van der Waals surface area contributed by atoms with Crippen molar-refractivity contribution in [3.8, 4) is 0 Å². The Morgan fingerprint density at radius 2 is 2.35 bits per heavy atom. The molecule has 0 amide bonds. The molecule has 0 radical (unpaired) electrons. The summed E-state index contributed by atoms with van der Waals surface area (Å²) in [6, 6.07) is 2.06. The van der Waals surface area contributed by atoms with E-state index in [0.29, 0.717) is 11.5 Å². The maximum atomic E-state index is 8.99. The summed E-state index contributed by atoms with van der Waals surface area (Å²) in [6.45, 7) is 0.618. The Bertz CT molecular complexity index is 448. The molecule has 0 aromatic carbocycles. The fourth-order valence-corrected chi connectivity index (χ4v) is 2.34. The number of likely N-dealkylation sites (N-methyl/N-ethyl adjacent to an activating group) is 1. The molecule has 0 fully saturated rings. The summed E-state index contributed by atoms with van der Waals surface area (Å²) in [7, 11) is 1.89. The molecule has 4 nitrogen and oxygen atoms in total. The van der Waals surface area contributed by atoms with Gasteiger partial charge in [0.25, 0.3) is 0 Å². The highest BCUT2D eigenvalue weighted by molar-refractivity contribution is 7.80. The van der Waals surface area contributed by atoms with E-state index in [0.717, 1.165) is 36.3 Å². The monoisotopic (exact) mass is 251 g/mol. The van der Waals surface area contributed by atoms with Gasteiger partial charge in [-0.3, -0.25) is 0 Å².